The lowest BCUT2D eigenvalue weighted by Crippen LogP contribution is -2.09. The Morgan fingerprint density at radius 2 is 1.73 bits per heavy atom. The zero-order valence-corrected chi connectivity index (χ0v) is 10.0. The number of ether oxygens (including phenoxy) is 1. The number of aryl methyl sites for hydroxylation is 3. The molecule has 0 amide bonds. The van der Waals surface area contributed by atoms with Gasteiger partial charge in [-0.05, 0) is 49.9 Å². The molecule has 15 heavy (non-hydrogen) atoms. The van der Waals surface area contributed by atoms with Gasteiger partial charge in [0.1, 0.15) is 6.10 Å². The third-order valence-corrected chi connectivity index (χ3v) is 2.72. The number of aliphatic hydroxyl groups excluding tert-OH is 1. The van der Waals surface area contributed by atoms with Gasteiger partial charge < -0.3 is 9.84 Å². The third-order valence-electron chi connectivity index (χ3n) is 2.72. The number of hydrogen-bond donors (Lipinski definition) is 1. The molecule has 2 heteroatoms. The Labute approximate surface area is 91.9 Å². The summed E-state index contributed by atoms with van der Waals surface area (Å²) in [6.07, 6.45) is -0.510. The zero-order valence-electron chi connectivity index (χ0n) is 10.0. The van der Waals surface area contributed by atoms with Gasteiger partial charge in [-0.25, -0.2) is 0 Å². The molecule has 0 fully saturated rings. The van der Waals surface area contributed by atoms with Gasteiger partial charge in [-0.1, -0.05) is 12.1 Å². The van der Waals surface area contributed by atoms with Gasteiger partial charge in [0.2, 0.25) is 0 Å². The highest BCUT2D eigenvalue weighted by Crippen LogP contribution is 2.21. The minimum absolute atomic E-state index is 0.375. The van der Waals surface area contributed by atoms with Crippen LogP contribution in [0.4, 0.5) is 0 Å². The second-order valence-electron chi connectivity index (χ2n) is 3.97. The molecule has 2 nitrogen and oxygen atoms in total. The van der Waals surface area contributed by atoms with Crippen LogP contribution >= 0.6 is 0 Å². The lowest BCUT2D eigenvalue weighted by Gasteiger charge is -2.15. The van der Waals surface area contributed by atoms with Crippen molar-refractivity contribution in [2.75, 3.05) is 13.2 Å². The standard InChI is InChI=1S/C13H20O2/c1-5-15-8-13(14)12-7-10(3)9(2)6-11(12)4/h6-7,13-14H,5,8H2,1-4H3. The highest BCUT2D eigenvalue weighted by Gasteiger charge is 2.11. The van der Waals surface area contributed by atoms with Gasteiger partial charge in [0.05, 0.1) is 6.61 Å². The maximum atomic E-state index is 9.92. The summed E-state index contributed by atoms with van der Waals surface area (Å²) >= 11 is 0. The van der Waals surface area contributed by atoms with E-state index in [9.17, 15) is 5.11 Å². The highest BCUT2D eigenvalue weighted by molar-refractivity contribution is 5.37. The fourth-order valence-electron chi connectivity index (χ4n) is 1.66. The summed E-state index contributed by atoms with van der Waals surface area (Å²) in [5.41, 5.74) is 4.59. The summed E-state index contributed by atoms with van der Waals surface area (Å²) in [6.45, 7) is 9.12. The van der Waals surface area contributed by atoms with Crippen molar-refractivity contribution in [2.45, 2.75) is 33.8 Å². The predicted molar refractivity (Wildman–Crippen MR) is 62.1 cm³/mol. The molecule has 1 aromatic rings. The summed E-state index contributed by atoms with van der Waals surface area (Å²) in [5, 5.41) is 9.92. The fraction of sp³-hybridized carbons (Fsp3) is 0.538. The maximum Gasteiger partial charge on any atom is 0.103 e. The van der Waals surface area contributed by atoms with E-state index < -0.39 is 6.10 Å². The van der Waals surface area contributed by atoms with Crippen LogP contribution in [-0.4, -0.2) is 18.3 Å². The summed E-state index contributed by atoms with van der Waals surface area (Å²) in [6, 6.07) is 4.16. The molecule has 1 unspecified atom stereocenters. The topological polar surface area (TPSA) is 29.5 Å². The van der Waals surface area contributed by atoms with Crippen molar-refractivity contribution in [1.82, 2.24) is 0 Å². The Bertz CT molecular complexity index is 332. The lowest BCUT2D eigenvalue weighted by atomic mass is 9.97. The molecule has 0 aromatic heterocycles. The van der Waals surface area contributed by atoms with Crippen LogP contribution in [0.3, 0.4) is 0 Å². The largest absolute Gasteiger partial charge is 0.386 e. The van der Waals surface area contributed by atoms with Crippen molar-refractivity contribution in [3.63, 3.8) is 0 Å². The maximum absolute atomic E-state index is 9.92. The molecule has 1 rings (SSSR count). The van der Waals surface area contributed by atoms with E-state index in [0.717, 1.165) is 11.1 Å². The number of rotatable bonds is 4. The van der Waals surface area contributed by atoms with Gasteiger partial charge in [0, 0.05) is 6.61 Å². The van der Waals surface area contributed by atoms with E-state index in [1.807, 2.05) is 19.9 Å². The van der Waals surface area contributed by atoms with E-state index >= 15 is 0 Å². The minimum atomic E-state index is -0.510. The van der Waals surface area contributed by atoms with Crippen LogP contribution in [0.1, 0.15) is 35.3 Å². The smallest absolute Gasteiger partial charge is 0.103 e. The van der Waals surface area contributed by atoms with Crippen molar-refractivity contribution < 1.29 is 9.84 Å². The third kappa shape index (κ3) is 3.05. The summed E-state index contributed by atoms with van der Waals surface area (Å²) in [5.74, 6) is 0. The second-order valence-corrected chi connectivity index (χ2v) is 3.97. The second kappa shape index (κ2) is 5.29. The molecule has 1 aromatic carbocycles. The Hall–Kier alpha value is -0.860. The predicted octanol–water partition coefficient (Wildman–Crippen LogP) is 2.68. The first-order valence-corrected chi connectivity index (χ1v) is 5.39. The molecule has 0 aliphatic carbocycles. The first kappa shape index (κ1) is 12.2. The molecule has 0 bridgehead atoms. The van der Waals surface area contributed by atoms with Crippen molar-refractivity contribution in [3.8, 4) is 0 Å². The van der Waals surface area contributed by atoms with E-state index in [-0.39, 0.29) is 0 Å². The van der Waals surface area contributed by atoms with E-state index in [4.69, 9.17) is 4.74 Å². The minimum Gasteiger partial charge on any atom is -0.386 e. The molecular formula is C13H20O2. The van der Waals surface area contributed by atoms with Crippen LogP contribution in [0.5, 0.6) is 0 Å². The quantitative estimate of drug-likeness (QED) is 0.824. The van der Waals surface area contributed by atoms with E-state index in [0.29, 0.717) is 13.2 Å². The molecule has 0 aliphatic rings. The van der Waals surface area contributed by atoms with Crippen LogP contribution in [0.2, 0.25) is 0 Å². The molecule has 1 N–H and O–H groups in total. The first-order chi connectivity index (χ1) is 7.06. The molecule has 0 spiro atoms. The summed E-state index contributed by atoms with van der Waals surface area (Å²) < 4.78 is 5.22. The van der Waals surface area contributed by atoms with E-state index in [1.165, 1.54) is 11.1 Å². The average molecular weight is 208 g/mol. The van der Waals surface area contributed by atoms with E-state index in [1.54, 1.807) is 0 Å². The van der Waals surface area contributed by atoms with Gasteiger partial charge >= 0.3 is 0 Å². The monoisotopic (exact) mass is 208 g/mol. The number of benzene rings is 1. The van der Waals surface area contributed by atoms with Crippen LogP contribution in [0, 0.1) is 20.8 Å². The molecule has 0 radical (unpaired) electrons. The van der Waals surface area contributed by atoms with Gasteiger partial charge in [-0.15, -0.1) is 0 Å². The molecule has 0 heterocycles. The van der Waals surface area contributed by atoms with Crippen molar-refractivity contribution in [1.29, 1.82) is 0 Å². The van der Waals surface area contributed by atoms with Gasteiger partial charge in [0.25, 0.3) is 0 Å². The van der Waals surface area contributed by atoms with Crippen LogP contribution < -0.4 is 0 Å². The molecule has 0 saturated carbocycles. The fourth-order valence-corrected chi connectivity index (χ4v) is 1.66. The lowest BCUT2D eigenvalue weighted by molar-refractivity contribution is 0.0417. The molecule has 1 atom stereocenters. The normalized spacial score (nSPS) is 12.9. The average Bonchev–Trinajstić information content (AvgIpc) is 2.20. The molecule has 84 valence electrons. The Morgan fingerprint density at radius 1 is 1.13 bits per heavy atom. The zero-order chi connectivity index (χ0) is 11.4. The van der Waals surface area contributed by atoms with Crippen LogP contribution in [0.25, 0.3) is 0 Å². The Morgan fingerprint density at radius 3 is 2.33 bits per heavy atom. The Kier molecular flexibility index (Phi) is 4.30. The van der Waals surface area contributed by atoms with Gasteiger partial charge in [-0.2, -0.15) is 0 Å². The van der Waals surface area contributed by atoms with Crippen LogP contribution in [0.15, 0.2) is 12.1 Å². The highest BCUT2D eigenvalue weighted by atomic mass is 16.5. The molecule has 0 saturated heterocycles. The van der Waals surface area contributed by atoms with Gasteiger partial charge in [-0.3, -0.25) is 0 Å². The summed E-state index contributed by atoms with van der Waals surface area (Å²) in [4.78, 5) is 0. The SMILES string of the molecule is CCOCC(O)c1cc(C)c(C)cc1C. The molecule has 0 aliphatic heterocycles. The van der Waals surface area contributed by atoms with Gasteiger partial charge in [0.15, 0.2) is 0 Å². The molecular weight excluding hydrogens is 188 g/mol. The van der Waals surface area contributed by atoms with Crippen LogP contribution in [-0.2, 0) is 4.74 Å². The van der Waals surface area contributed by atoms with Crippen molar-refractivity contribution in [2.24, 2.45) is 0 Å². The Balaban J connectivity index is 2.88. The number of hydrogen-bond acceptors (Lipinski definition) is 2. The first-order valence-electron chi connectivity index (χ1n) is 5.39. The van der Waals surface area contributed by atoms with Crippen molar-refractivity contribution >= 4 is 0 Å². The van der Waals surface area contributed by atoms with Crippen molar-refractivity contribution in [3.05, 3.63) is 34.4 Å². The number of aliphatic hydroxyl groups is 1. The van der Waals surface area contributed by atoms with E-state index in [2.05, 4.69) is 19.9 Å². The summed E-state index contributed by atoms with van der Waals surface area (Å²) in [7, 11) is 0.